The number of halogens is 1. The highest BCUT2D eigenvalue weighted by molar-refractivity contribution is 7.88. The Bertz CT molecular complexity index is 729. The Balaban J connectivity index is 1.80. The first-order valence-electron chi connectivity index (χ1n) is 6.45. The van der Waals surface area contributed by atoms with Crippen LogP contribution in [-0.4, -0.2) is 20.9 Å². The van der Waals surface area contributed by atoms with Gasteiger partial charge in [-0.3, -0.25) is 4.79 Å². The van der Waals surface area contributed by atoms with Gasteiger partial charge in [-0.05, 0) is 29.8 Å². The van der Waals surface area contributed by atoms with Gasteiger partial charge in [-0.15, -0.1) is 0 Å². The number of amides is 1. The summed E-state index contributed by atoms with van der Waals surface area (Å²) in [5.74, 6) is -0.0832. The average molecular weight is 343 g/mol. The maximum atomic E-state index is 11.9. The third kappa shape index (κ3) is 5.51. The smallest absolute Gasteiger partial charge is 0.235 e. The van der Waals surface area contributed by atoms with Gasteiger partial charge in [-0.1, -0.05) is 23.7 Å². The quantitative estimate of drug-likeness (QED) is 0.801. The van der Waals surface area contributed by atoms with Crippen LogP contribution in [0.3, 0.4) is 0 Å². The van der Waals surface area contributed by atoms with E-state index in [1.54, 1.807) is 36.4 Å². The largest absolute Gasteiger partial charge is 0.467 e. The van der Waals surface area contributed by atoms with Crippen LogP contribution < -0.4 is 10.0 Å². The molecular formula is C14H15ClN2O4S. The minimum absolute atomic E-state index is 0.210. The average Bonchev–Trinajstić information content (AvgIpc) is 2.96. The van der Waals surface area contributed by atoms with E-state index in [1.165, 1.54) is 6.26 Å². The van der Waals surface area contributed by atoms with E-state index in [1.807, 2.05) is 0 Å². The summed E-state index contributed by atoms with van der Waals surface area (Å²) in [5, 5.41) is 3.01. The van der Waals surface area contributed by atoms with Crippen molar-refractivity contribution in [2.24, 2.45) is 0 Å². The molecule has 6 nitrogen and oxygen atoms in total. The van der Waals surface area contributed by atoms with Crippen LogP contribution in [-0.2, 0) is 27.1 Å². The lowest BCUT2D eigenvalue weighted by atomic mass is 10.2. The van der Waals surface area contributed by atoms with Crippen LogP contribution in [0.2, 0.25) is 5.02 Å². The maximum absolute atomic E-state index is 11.9. The van der Waals surface area contributed by atoms with Crippen molar-refractivity contribution in [1.29, 1.82) is 0 Å². The van der Waals surface area contributed by atoms with Crippen LogP contribution in [0.15, 0.2) is 47.1 Å². The minimum Gasteiger partial charge on any atom is -0.467 e. The van der Waals surface area contributed by atoms with Gasteiger partial charge < -0.3 is 9.73 Å². The lowest BCUT2D eigenvalue weighted by molar-refractivity contribution is -0.120. The van der Waals surface area contributed by atoms with Crippen LogP contribution in [0.5, 0.6) is 0 Å². The Morgan fingerprint density at radius 1 is 1.23 bits per heavy atom. The van der Waals surface area contributed by atoms with Crippen LogP contribution in [0.4, 0.5) is 0 Å². The summed E-state index contributed by atoms with van der Waals surface area (Å²) >= 11 is 5.80. The molecule has 1 aromatic heterocycles. The Labute approximate surface area is 133 Å². The Kier molecular flexibility index (Phi) is 5.59. The van der Waals surface area contributed by atoms with Gasteiger partial charge in [0.2, 0.25) is 15.9 Å². The van der Waals surface area contributed by atoms with E-state index in [0.29, 0.717) is 16.3 Å². The Morgan fingerprint density at radius 3 is 2.73 bits per heavy atom. The standard InChI is InChI=1S/C14H15ClN2O4S/c15-12-4-1-3-11(7-12)10-22(19,20)17-9-14(18)16-8-13-5-2-6-21-13/h1-7,17H,8-10H2,(H,16,18). The summed E-state index contributed by atoms with van der Waals surface area (Å²) in [4.78, 5) is 11.6. The summed E-state index contributed by atoms with van der Waals surface area (Å²) in [6, 6.07) is 9.97. The molecule has 0 aliphatic heterocycles. The third-order valence-corrected chi connectivity index (χ3v) is 4.27. The molecule has 0 bridgehead atoms. The van der Waals surface area contributed by atoms with E-state index in [9.17, 15) is 13.2 Å². The molecule has 1 heterocycles. The molecule has 0 aliphatic carbocycles. The van der Waals surface area contributed by atoms with Gasteiger partial charge in [-0.2, -0.15) is 0 Å². The molecule has 118 valence electrons. The molecule has 0 aliphatic rings. The number of nitrogens with one attached hydrogen (secondary N) is 2. The van der Waals surface area contributed by atoms with Gasteiger partial charge in [-0.25, -0.2) is 13.1 Å². The van der Waals surface area contributed by atoms with Crippen molar-refractivity contribution in [2.75, 3.05) is 6.54 Å². The van der Waals surface area contributed by atoms with Crippen molar-refractivity contribution in [3.05, 3.63) is 59.0 Å². The number of furan rings is 1. The second kappa shape index (κ2) is 7.44. The predicted molar refractivity (Wildman–Crippen MR) is 82.6 cm³/mol. The van der Waals surface area contributed by atoms with Gasteiger partial charge >= 0.3 is 0 Å². The van der Waals surface area contributed by atoms with Crippen molar-refractivity contribution >= 4 is 27.5 Å². The van der Waals surface area contributed by atoms with Crippen molar-refractivity contribution in [1.82, 2.24) is 10.0 Å². The lowest BCUT2D eigenvalue weighted by Crippen LogP contribution is -2.37. The third-order valence-electron chi connectivity index (χ3n) is 2.74. The minimum atomic E-state index is -3.61. The molecule has 22 heavy (non-hydrogen) atoms. The van der Waals surface area contributed by atoms with Crippen molar-refractivity contribution in [3.8, 4) is 0 Å². The van der Waals surface area contributed by atoms with Crippen molar-refractivity contribution < 1.29 is 17.6 Å². The molecule has 2 N–H and O–H groups in total. The van der Waals surface area contributed by atoms with E-state index < -0.39 is 15.9 Å². The fourth-order valence-corrected chi connectivity index (χ4v) is 3.02. The first kappa shape index (κ1) is 16.5. The zero-order valence-corrected chi connectivity index (χ0v) is 13.2. The number of carbonyl (C=O) groups excluding carboxylic acids is 1. The van der Waals surface area contributed by atoms with Gasteiger partial charge in [0.25, 0.3) is 0 Å². The number of hydrogen-bond donors (Lipinski definition) is 2. The molecule has 8 heteroatoms. The highest BCUT2D eigenvalue weighted by Gasteiger charge is 2.13. The van der Waals surface area contributed by atoms with Crippen LogP contribution in [0.1, 0.15) is 11.3 Å². The second-order valence-corrected chi connectivity index (χ2v) is 6.81. The zero-order chi connectivity index (χ0) is 16.0. The van der Waals surface area contributed by atoms with Crippen LogP contribution in [0, 0.1) is 0 Å². The lowest BCUT2D eigenvalue weighted by Gasteiger charge is -2.07. The Hall–Kier alpha value is -1.83. The summed E-state index contributed by atoms with van der Waals surface area (Å²) in [5.41, 5.74) is 0.552. The van der Waals surface area contributed by atoms with Gasteiger partial charge in [0.05, 0.1) is 25.1 Å². The van der Waals surface area contributed by atoms with E-state index in [-0.39, 0.29) is 18.8 Å². The van der Waals surface area contributed by atoms with Gasteiger partial charge in [0.15, 0.2) is 0 Å². The van der Waals surface area contributed by atoms with E-state index in [2.05, 4.69) is 10.0 Å². The number of rotatable bonds is 7. The van der Waals surface area contributed by atoms with Crippen LogP contribution in [0.25, 0.3) is 0 Å². The monoisotopic (exact) mass is 342 g/mol. The fourth-order valence-electron chi connectivity index (χ4n) is 1.73. The van der Waals surface area contributed by atoms with E-state index in [4.69, 9.17) is 16.0 Å². The highest BCUT2D eigenvalue weighted by atomic mass is 35.5. The van der Waals surface area contributed by atoms with Crippen LogP contribution >= 0.6 is 11.6 Å². The molecule has 0 unspecified atom stereocenters. The molecule has 0 spiro atoms. The Morgan fingerprint density at radius 2 is 2.05 bits per heavy atom. The summed E-state index contributed by atoms with van der Waals surface area (Å²) in [6.07, 6.45) is 1.50. The molecule has 0 radical (unpaired) electrons. The predicted octanol–water partition coefficient (Wildman–Crippen LogP) is 1.67. The van der Waals surface area contributed by atoms with E-state index >= 15 is 0 Å². The zero-order valence-electron chi connectivity index (χ0n) is 11.6. The number of carbonyl (C=O) groups is 1. The van der Waals surface area contributed by atoms with Gasteiger partial charge in [0.1, 0.15) is 5.76 Å². The molecule has 1 amide bonds. The maximum Gasteiger partial charge on any atom is 0.235 e. The van der Waals surface area contributed by atoms with Crippen molar-refractivity contribution in [2.45, 2.75) is 12.3 Å². The SMILES string of the molecule is O=C(CNS(=O)(=O)Cc1cccc(Cl)c1)NCc1ccco1. The van der Waals surface area contributed by atoms with Gasteiger partial charge in [0, 0.05) is 5.02 Å². The molecule has 2 rings (SSSR count). The first-order valence-corrected chi connectivity index (χ1v) is 8.48. The number of sulfonamides is 1. The fraction of sp³-hybridized carbons (Fsp3) is 0.214. The first-order chi connectivity index (χ1) is 10.4. The summed E-state index contributed by atoms with van der Waals surface area (Å²) in [7, 11) is -3.61. The number of hydrogen-bond acceptors (Lipinski definition) is 4. The molecule has 0 atom stereocenters. The molecule has 0 saturated carbocycles. The molecular weight excluding hydrogens is 328 g/mol. The normalized spacial score (nSPS) is 11.3. The molecule has 2 aromatic rings. The molecule has 1 aromatic carbocycles. The molecule has 0 fully saturated rings. The number of benzene rings is 1. The second-order valence-electron chi connectivity index (χ2n) is 4.57. The molecule has 0 saturated heterocycles. The highest BCUT2D eigenvalue weighted by Crippen LogP contribution is 2.12. The van der Waals surface area contributed by atoms with Crippen molar-refractivity contribution in [3.63, 3.8) is 0 Å². The summed E-state index contributed by atoms with van der Waals surface area (Å²) < 4.78 is 31.1. The summed E-state index contributed by atoms with van der Waals surface area (Å²) in [6.45, 7) is -0.120. The van der Waals surface area contributed by atoms with E-state index in [0.717, 1.165) is 0 Å². The topological polar surface area (TPSA) is 88.4 Å².